The van der Waals surface area contributed by atoms with E-state index >= 15 is 0 Å². The monoisotopic (exact) mass is 585 g/mol. The van der Waals surface area contributed by atoms with Crippen LogP contribution in [0, 0.1) is 19.8 Å². The maximum absolute atomic E-state index is 14.6. The van der Waals surface area contributed by atoms with Crippen molar-refractivity contribution in [1.82, 2.24) is 15.5 Å². The molecule has 43 heavy (non-hydrogen) atoms. The Morgan fingerprint density at radius 2 is 1.60 bits per heavy atom. The Labute approximate surface area is 254 Å². The summed E-state index contributed by atoms with van der Waals surface area (Å²) < 4.78 is 5.52. The van der Waals surface area contributed by atoms with E-state index in [0.717, 1.165) is 28.7 Å². The van der Waals surface area contributed by atoms with Crippen LogP contribution in [-0.4, -0.2) is 45.6 Å². The van der Waals surface area contributed by atoms with E-state index in [1.54, 1.807) is 49.9 Å². The van der Waals surface area contributed by atoms with Gasteiger partial charge in [0.1, 0.15) is 23.4 Å². The maximum atomic E-state index is 14.6. The number of rotatable bonds is 10. The van der Waals surface area contributed by atoms with Gasteiger partial charge in [-0.1, -0.05) is 67.6 Å². The van der Waals surface area contributed by atoms with Crippen molar-refractivity contribution in [2.24, 2.45) is 5.92 Å². The first-order valence-electron chi connectivity index (χ1n) is 14.8. The van der Waals surface area contributed by atoms with Crippen molar-refractivity contribution < 1.29 is 24.2 Å². The number of phenols is 1. The average molecular weight is 586 g/mol. The van der Waals surface area contributed by atoms with Gasteiger partial charge in [-0.2, -0.15) is 0 Å². The molecular formula is C35H43N3O5. The zero-order valence-electron chi connectivity index (χ0n) is 25.9. The fraction of sp³-hybridized carbons (Fsp3) is 0.400. The van der Waals surface area contributed by atoms with E-state index in [4.69, 9.17) is 4.74 Å². The standard InChI is InChI=1S/C35H43N3O5/c1-22-12-15-27(18-23(22)2)31(32(40)36-21-26-10-8-7-9-11-26)38(30-19-24(30)3)33(41)29(37-34(42)43-35(4,5)6)20-25-13-16-28(39)17-14-25/h7-18,24,29-31,39H,19-21H2,1-6H3,(H,36,40)(H,37,42). The Bertz CT molecular complexity index is 1430. The van der Waals surface area contributed by atoms with Crippen LogP contribution in [0.4, 0.5) is 4.79 Å². The molecule has 3 N–H and O–H groups in total. The molecular weight excluding hydrogens is 542 g/mol. The first-order valence-corrected chi connectivity index (χ1v) is 14.8. The largest absolute Gasteiger partial charge is 0.508 e. The number of benzene rings is 3. The number of nitrogens with one attached hydrogen (secondary N) is 2. The predicted molar refractivity (Wildman–Crippen MR) is 166 cm³/mol. The summed E-state index contributed by atoms with van der Waals surface area (Å²) in [6, 6.07) is 19.9. The molecule has 0 spiro atoms. The molecule has 0 bridgehead atoms. The summed E-state index contributed by atoms with van der Waals surface area (Å²) in [4.78, 5) is 43.3. The molecule has 3 aromatic rings. The molecule has 4 rings (SSSR count). The van der Waals surface area contributed by atoms with E-state index in [0.29, 0.717) is 12.1 Å². The third kappa shape index (κ3) is 8.60. The molecule has 0 radical (unpaired) electrons. The third-order valence-electron chi connectivity index (χ3n) is 7.73. The molecule has 0 heterocycles. The maximum Gasteiger partial charge on any atom is 0.408 e. The van der Waals surface area contributed by atoms with Gasteiger partial charge in [-0.25, -0.2) is 4.79 Å². The Kier molecular flexibility index (Phi) is 9.79. The lowest BCUT2D eigenvalue weighted by Gasteiger charge is -2.35. The molecule has 1 fully saturated rings. The number of nitrogens with zero attached hydrogens (tertiary/aromatic N) is 1. The van der Waals surface area contributed by atoms with Crippen molar-refractivity contribution in [3.63, 3.8) is 0 Å². The van der Waals surface area contributed by atoms with Gasteiger partial charge < -0.3 is 25.4 Å². The summed E-state index contributed by atoms with van der Waals surface area (Å²) in [6.45, 7) is 11.6. The van der Waals surface area contributed by atoms with Crippen LogP contribution in [0.5, 0.6) is 5.75 Å². The van der Waals surface area contributed by atoms with Crippen molar-refractivity contribution in [3.05, 3.63) is 101 Å². The minimum Gasteiger partial charge on any atom is -0.508 e. The van der Waals surface area contributed by atoms with E-state index in [1.165, 1.54) is 0 Å². The molecule has 0 aromatic heterocycles. The van der Waals surface area contributed by atoms with Gasteiger partial charge in [-0.3, -0.25) is 9.59 Å². The Morgan fingerprint density at radius 3 is 2.19 bits per heavy atom. The number of ether oxygens (including phenoxy) is 1. The highest BCUT2D eigenvalue weighted by Gasteiger charge is 2.48. The first kappa shape index (κ1) is 31.6. The summed E-state index contributed by atoms with van der Waals surface area (Å²) in [5.41, 5.74) is 3.74. The van der Waals surface area contributed by atoms with Crippen LogP contribution >= 0.6 is 0 Å². The molecule has 1 aliphatic rings. The van der Waals surface area contributed by atoms with Crippen molar-refractivity contribution in [2.75, 3.05) is 0 Å². The molecule has 1 saturated carbocycles. The third-order valence-corrected chi connectivity index (χ3v) is 7.73. The Hall–Kier alpha value is -4.33. The van der Waals surface area contributed by atoms with Crippen LogP contribution in [0.3, 0.4) is 0 Å². The van der Waals surface area contributed by atoms with Crippen molar-refractivity contribution in [3.8, 4) is 5.75 Å². The van der Waals surface area contributed by atoms with E-state index in [2.05, 4.69) is 17.6 Å². The molecule has 3 aromatic carbocycles. The molecule has 4 atom stereocenters. The molecule has 0 saturated heterocycles. The fourth-order valence-corrected chi connectivity index (χ4v) is 5.12. The molecule has 4 unspecified atom stereocenters. The van der Waals surface area contributed by atoms with Crippen molar-refractivity contribution in [1.29, 1.82) is 0 Å². The van der Waals surface area contributed by atoms with Crippen LogP contribution in [0.2, 0.25) is 0 Å². The van der Waals surface area contributed by atoms with Crippen LogP contribution in [-0.2, 0) is 27.3 Å². The zero-order chi connectivity index (χ0) is 31.3. The summed E-state index contributed by atoms with van der Waals surface area (Å²) in [6.07, 6.45) is 0.184. The van der Waals surface area contributed by atoms with E-state index in [-0.39, 0.29) is 35.9 Å². The number of alkyl carbamates (subject to hydrolysis) is 1. The minimum absolute atomic E-state index is 0.102. The van der Waals surface area contributed by atoms with Gasteiger partial charge in [0, 0.05) is 19.0 Å². The highest BCUT2D eigenvalue weighted by molar-refractivity contribution is 5.93. The molecule has 3 amide bonds. The summed E-state index contributed by atoms with van der Waals surface area (Å²) in [5, 5.41) is 15.6. The second-order valence-electron chi connectivity index (χ2n) is 12.5. The van der Waals surface area contributed by atoms with Crippen molar-refractivity contribution >= 4 is 17.9 Å². The number of carbonyl (C=O) groups excluding carboxylic acids is 3. The van der Waals surface area contributed by atoms with Crippen LogP contribution < -0.4 is 10.6 Å². The lowest BCUT2D eigenvalue weighted by Crippen LogP contribution is -2.54. The molecule has 228 valence electrons. The van der Waals surface area contributed by atoms with Gasteiger partial charge in [-0.15, -0.1) is 0 Å². The number of hydrogen-bond acceptors (Lipinski definition) is 5. The number of aryl methyl sites for hydroxylation is 2. The second-order valence-corrected chi connectivity index (χ2v) is 12.5. The second kappa shape index (κ2) is 13.3. The molecule has 0 aliphatic heterocycles. The lowest BCUT2D eigenvalue weighted by molar-refractivity contribution is -0.143. The van der Waals surface area contributed by atoms with Gasteiger partial charge in [-0.05, 0) is 86.9 Å². The predicted octanol–water partition coefficient (Wildman–Crippen LogP) is 5.74. The van der Waals surface area contributed by atoms with Crippen LogP contribution in [0.15, 0.2) is 72.8 Å². The summed E-state index contributed by atoms with van der Waals surface area (Å²) in [7, 11) is 0. The van der Waals surface area contributed by atoms with Gasteiger partial charge in [0.15, 0.2) is 0 Å². The highest BCUT2D eigenvalue weighted by atomic mass is 16.6. The number of amides is 3. The zero-order valence-corrected chi connectivity index (χ0v) is 25.9. The quantitative estimate of drug-likeness (QED) is 0.281. The van der Waals surface area contributed by atoms with Gasteiger partial charge in [0.25, 0.3) is 0 Å². The highest BCUT2D eigenvalue weighted by Crippen LogP contribution is 2.41. The van der Waals surface area contributed by atoms with E-state index in [1.807, 2.05) is 62.4 Å². The average Bonchev–Trinajstić information content (AvgIpc) is 3.67. The SMILES string of the molecule is Cc1ccc(C(C(=O)NCc2ccccc2)N(C(=O)C(Cc2ccc(O)cc2)NC(=O)OC(C)(C)C)C2CC2C)cc1C. The van der Waals surface area contributed by atoms with E-state index in [9.17, 15) is 19.5 Å². The number of phenolic OH excluding ortho intramolecular Hbond substituents is 1. The fourth-order valence-electron chi connectivity index (χ4n) is 5.12. The van der Waals surface area contributed by atoms with Crippen molar-refractivity contribution in [2.45, 2.75) is 84.7 Å². The minimum atomic E-state index is -1.01. The lowest BCUT2D eigenvalue weighted by atomic mass is 9.97. The molecule has 1 aliphatic carbocycles. The van der Waals surface area contributed by atoms with Crippen LogP contribution in [0.25, 0.3) is 0 Å². The van der Waals surface area contributed by atoms with Gasteiger partial charge in [0.2, 0.25) is 11.8 Å². The molecule has 8 nitrogen and oxygen atoms in total. The number of hydrogen-bond donors (Lipinski definition) is 3. The first-order chi connectivity index (χ1) is 20.3. The van der Waals surface area contributed by atoms with Gasteiger partial charge in [0.05, 0.1) is 0 Å². The Balaban J connectivity index is 1.73. The van der Waals surface area contributed by atoms with Gasteiger partial charge >= 0.3 is 6.09 Å². The molecule has 8 heteroatoms. The smallest absolute Gasteiger partial charge is 0.408 e. The topological polar surface area (TPSA) is 108 Å². The number of carbonyl (C=O) groups is 3. The normalized spacial score (nSPS) is 17.3. The summed E-state index contributed by atoms with van der Waals surface area (Å²) >= 11 is 0. The summed E-state index contributed by atoms with van der Waals surface area (Å²) in [5.74, 6) is -0.368. The number of aromatic hydroxyl groups is 1. The van der Waals surface area contributed by atoms with Crippen LogP contribution in [0.1, 0.15) is 68.0 Å². The Morgan fingerprint density at radius 1 is 0.953 bits per heavy atom. The van der Waals surface area contributed by atoms with E-state index < -0.39 is 23.8 Å².